The first-order valence-electron chi connectivity index (χ1n) is 3.26. The molecule has 1 aliphatic rings. The van der Waals surface area contributed by atoms with Crippen molar-refractivity contribution in [2.75, 3.05) is 0 Å². The summed E-state index contributed by atoms with van der Waals surface area (Å²) in [7, 11) is 0. The topological polar surface area (TPSA) is 0 Å². The summed E-state index contributed by atoms with van der Waals surface area (Å²) in [5, 5.41) is 0. The van der Waals surface area contributed by atoms with E-state index in [0.717, 1.165) is 6.42 Å². The Morgan fingerprint density at radius 1 is 1.62 bits per heavy atom. The van der Waals surface area contributed by atoms with Crippen molar-refractivity contribution in [3.05, 3.63) is 0 Å². The van der Waals surface area contributed by atoms with E-state index in [4.69, 9.17) is 0 Å². The molecule has 0 saturated heterocycles. The predicted octanol–water partition coefficient (Wildman–Crippen LogP) is 2.53. The molecule has 0 heterocycles. The first kappa shape index (κ1) is 6.06. The largest absolute Gasteiger partial charge is 0.248 e. The van der Waals surface area contributed by atoms with Crippen molar-refractivity contribution >= 4 is 0 Å². The highest BCUT2D eigenvalue weighted by Crippen LogP contribution is 2.49. The van der Waals surface area contributed by atoms with E-state index in [9.17, 15) is 4.39 Å². The van der Waals surface area contributed by atoms with Crippen molar-refractivity contribution in [1.29, 1.82) is 0 Å². The molecule has 0 aliphatic heterocycles. The summed E-state index contributed by atoms with van der Waals surface area (Å²) < 4.78 is 12.2. The van der Waals surface area contributed by atoms with Crippen LogP contribution in [-0.2, 0) is 0 Å². The second-order valence-electron chi connectivity index (χ2n) is 3.30. The summed E-state index contributed by atoms with van der Waals surface area (Å²) in [4.78, 5) is 0. The first-order valence-corrected chi connectivity index (χ1v) is 3.26. The Labute approximate surface area is 50.1 Å². The Hall–Kier alpha value is -0.0700. The lowest BCUT2D eigenvalue weighted by Gasteiger charge is -2.06. The molecule has 0 aromatic heterocycles. The van der Waals surface area contributed by atoms with Crippen molar-refractivity contribution in [1.82, 2.24) is 0 Å². The monoisotopic (exact) mass is 116 g/mol. The highest BCUT2D eigenvalue weighted by Gasteiger charge is 2.38. The van der Waals surface area contributed by atoms with Crippen molar-refractivity contribution in [2.45, 2.75) is 39.3 Å². The summed E-state index contributed by atoms with van der Waals surface area (Å²) in [6.07, 6.45) is 2.65. The van der Waals surface area contributed by atoms with Gasteiger partial charge in [0.05, 0.1) is 6.17 Å². The molecule has 1 saturated carbocycles. The highest BCUT2D eigenvalue weighted by atomic mass is 19.1. The minimum atomic E-state index is -0.595. The van der Waals surface area contributed by atoms with E-state index < -0.39 is 6.17 Å². The molecular weight excluding hydrogens is 103 g/mol. The van der Waals surface area contributed by atoms with Crippen LogP contribution in [0.2, 0.25) is 0 Å². The van der Waals surface area contributed by atoms with Crippen molar-refractivity contribution in [3.8, 4) is 0 Å². The van der Waals surface area contributed by atoms with Crippen LogP contribution in [-0.4, -0.2) is 6.17 Å². The van der Waals surface area contributed by atoms with Crippen LogP contribution in [0.1, 0.15) is 33.1 Å². The van der Waals surface area contributed by atoms with E-state index in [1.165, 1.54) is 12.8 Å². The van der Waals surface area contributed by atoms with Crippen LogP contribution in [0, 0.1) is 5.41 Å². The van der Waals surface area contributed by atoms with Gasteiger partial charge in [-0.2, -0.15) is 0 Å². The van der Waals surface area contributed by atoms with E-state index in [2.05, 4.69) is 6.92 Å². The van der Waals surface area contributed by atoms with Gasteiger partial charge in [0.2, 0.25) is 0 Å². The van der Waals surface area contributed by atoms with E-state index in [-0.39, 0.29) is 0 Å². The number of hydrogen-bond acceptors (Lipinski definition) is 0. The molecule has 1 atom stereocenters. The Morgan fingerprint density at radius 3 is 2.25 bits per heavy atom. The lowest BCUT2D eigenvalue weighted by molar-refractivity contribution is 0.287. The Kier molecular flexibility index (Phi) is 1.30. The zero-order chi connectivity index (χ0) is 6.20. The molecule has 1 rings (SSSR count). The third kappa shape index (κ3) is 1.46. The van der Waals surface area contributed by atoms with Crippen molar-refractivity contribution < 1.29 is 4.39 Å². The molecule has 0 aromatic rings. The van der Waals surface area contributed by atoms with Crippen LogP contribution < -0.4 is 0 Å². The van der Waals surface area contributed by atoms with Crippen LogP contribution in [0.25, 0.3) is 0 Å². The molecule has 0 N–H and O–H groups in total. The van der Waals surface area contributed by atoms with Gasteiger partial charge in [0.1, 0.15) is 0 Å². The maximum absolute atomic E-state index is 12.2. The highest BCUT2D eigenvalue weighted by molar-refractivity contribution is 4.89. The smallest absolute Gasteiger partial charge is 0.0978 e. The summed E-state index contributed by atoms with van der Waals surface area (Å²) in [5.41, 5.74) is 0.397. The minimum Gasteiger partial charge on any atom is -0.248 e. The fourth-order valence-electron chi connectivity index (χ4n) is 1.10. The van der Waals surface area contributed by atoms with Gasteiger partial charge in [-0.25, -0.2) is 4.39 Å². The summed E-state index contributed by atoms with van der Waals surface area (Å²) in [5.74, 6) is 0. The number of hydrogen-bond donors (Lipinski definition) is 0. The third-order valence-electron chi connectivity index (χ3n) is 1.88. The fourth-order valence-corrected chi connectivity index (χ4v) is 1.10. The SMILES string of the molecule is CC(F)CC1(C)CC1. The molecule has 1 aliphatic carbocycles. The van der Waals surface area contributed by atoms with Gasteiger partial charge in [-0.3, -0.25) is 0 Å². The number of alkyl halides is 1. The molecule has 0 aromatic carbocycles. The molecule has 8 heavy (non-hydrogen) atoms. The van der Waals surface area contributed by atoms with Crippen LogP contribution in [0.4, 0.5) is 4.39 Å². The maximum Gasteiger partial charge on any atom is 0.0978 e. The van der Waals surface area contributed by atoms with Gasteiger partial charge in [-0.15, -0.1) is 0 Å². The fraction of sp³-hybridized carbons (Fsp3) is 1.00. The minimum absolute atomic E-state index is 0.397. The van der Waals surface area contributed by atoms with Gasteiger partial charge < -0.3 is 0 Å². The number of halogens is 1. The Bertz CT molecular complexity index is 82.4. The van der Waals surface area contributed by atoms with Crippen LogP contribution >= 0.6 is 0 Å². The molecule has 48 valence electrons. The summed E-state index contributed by atoms with van der Waals surface area (Å²) in [6, 6.07) is 0. The molecule has 0 amide bonds. The van der Waals surface area contributed by atoms with Gasteiger partial charge in [-0.05, 0) is 31.6 Å². The maximum atomic E-state index is 12.2. The van der Waals surface area contributed by atoms with Gasteiger partial charge in [-0.1, -0.05) is 6.92 Å². The molecular formula is C7H13F. The van der Waals surface area contributed by atoms with E-state index >= 15 is 0 Å². The quantitative estimate of drug-likeness (QED) is 0.520. The molecule has 0 nitrogen and oxygen atoms in total. The van der Waals surface area contributed by atoms with Gasteiger partial charge >= 0.3 is 0 Å². The van der Waals surface area contributed by atoms with Crippen LogP contribution in [0.15, 0.2) is 0 Å². The van der Waals surface area contributed by atoms with E-state index in [0.29, 0.717) is 5.41 Å². The summed E-state index contributed by atoms with van der Waals surface area (Å²) in [6.45, 7) is 3.80. The second-order valence-corrected chi connectivity index (χ2v) is 3.30. The second kappa shape index (κ2) is 1.71. The summed E-state index contributed by atoms with van der Waals surface area (Å²) >= 11 is 0. The first-order chi connectivity index (χ1) is 3.62. The van der Waals surface area contributed by atoms with Crippen LogP contribution in [0.5, 0.6) is 0 Å². The van der Waals surface area contributed by atoms with Gasteiger partial charge in [0, 0.05) is 0 Å². The molecule has 0 bridgehead atoms. The van der Waals surface area contributed by atoms with Gasteiger partial charge in [0.15, 0.2) is 0 Å². The molecule has 1 fully saturated rings. The number of rotatable bonds is 2. The van der Waals surface area contributed by atoms with E-state index in [1.807, 2.05) is 0 Å². The van der Waals surface area contributed by atoms with E-state index in [1.54, 1.807) is 6.92 Å². The Balaban J connectivity index is 2.19. The Morgan fingerprint density at radius 2 is 2.12 bits per heavy atom. The lowest BCUT2D eigenvalue weighted by atomic mass is 10.0. The average molecular weight is 116 g/mol. The van der Waals surface area contributed by atoms with Crippen LogP contribution in [0.3, 0.4) is 0 Å². The van der Waals surface area contributed by atoms with Crippen molar-refractivity contribution in [3.63, 3.8) is 0 Å². The van der Waals surface area contributed by atoms with Gasteiger partial charge in [0.25, 0.3) is 0 Å². The molecule has 0 radical (unpaired) electrons. The zero-order valence-electron chi connectivity index (χ0n) is 5.58. The third-order valence-corrected chi connectivity index (χ3v) is 1.88. The lowest BCUT2D eigenvalue weighted by Crippen LogP contribution is -2.01. The van der Waals surface area contributed by atoms with Crippen molar-refractivity contribution in [2.24, 2.45) is 5.41 Å². The normalized spacial score (nSPS) is 27.4. The standard InChI is InChI=1S/C7H13F/c1-6(8)5-7(2)3-4-7/h6H,3-5H2,1-2H3. The molecule has 1 unspecified atom stereocenters. The predicted molar refractivity (Wildman–Crippen MR) is 32.5 cm³/mol. The molecule has 1 heteroatoms. The molecule has 0 spiro atoms. The average Bonchev–Trinajstić information content (AvgIpc) is 2.17. The zero-order valence-corrected chi connectivity index (χ0v) is 5.58.